The first-order valence-electron chi connectivity index (χ1n) is 3.83. The number of hydrogen-bond acceptors (Lipinski definition) is 2. The summed E-state index contributed by atoms with van der Waals surface area (Å²) in [6, 6.07) is 2.67. The summed E-state index contributed by atoms with van der Waals surface area (Å²) in [6.45, 7) is 1.25. The number of carbonyl (C=O) groups is 1. The van der Waals surface area contributed by atoms with E-state index in [4.69, 9.17) is 0 Å². The maximum atomic E-state index is 13.0. The van der Waals surface area contributed by atoms with E-state index in [1.54, 1.807) is 0 Å². The average Bonchev–Trinajstić information content (AvgIpc) is 2.08. The molecule has 0 amide bonds. The highest BCUT2D eigenvalue weighted by molar-refractivity contribution is 7.85. The average molecular weight is 218 g/mol. The zero-order valence-corrected chi connectivity index (χ0v) is 8.24. The van der Waals surface area contributed by atoms with Crippen LogP contribution in [0.25, 0.3) is 0 Å². The lowest BCUT2D eigenvalue weighted by Gasteiger charge is -2.01. The molecular weight excluding hydrogens is 210 g/mol. The van der Waals surface area contributed by atoms with Crippen LogP contribution < -0.4 is 0 Å². The molecule has 14 heavy (non-hydrogen) atoms. The summed E-state index contributed by atoms with van der Waals surface area (Å²) >= 11 is 0. The largest absolute Gasteiger partial charge is 0.299 e. The van der Waals surface area contributed by atoms with Gasteiger partial charge < -0.3 is 0 Å². The van der Waals surface area contributed by atoms with Gasteiger partial charge in [-0.15, -0.1) is 0 Å². The molecule has 0 heterocycles. The monoisotopic (exact) mass is 218 g/mol. The first-order chi connectivity index (χ1) is 6.50. The Balaban J connectivity index is 3.00. The van der Waals surface area contributed by atoms with Gasteiger partial charge in [-0.3, -0.25) is 9.00 Å². The molecule has 0 spiro atoms. The van der Waals surface area contributed by atoms with Crippen molar-refractivity contribution in [1.29, 1.82) is 0 Å². The molecule has 0 N–H and O–H groups in total. The van der Waals surface area contributed by atoms with Gasteiger partial charge in [0.05, 0.1) is 21.4 Å². The minimum Gasteiger partial charge on any atom is -0.299 e. The quantitative estimate of drug-likeness (QED) is 0.773. The predicted molar refractivity (Wildman–Crippen MR) is 48.3 cm³/mol. The van der Waals surface area contributed by atoms with Crippen molar-refractivity contribution in [1.82, 2.24) is 0 Å². The van der Waals surface area contributed by atoms with Gasteiger partial charge in [0, 0.05) is 0 Å². The number of hydrogen-bond donors (Lipinski definition) is 0. The van der Waals surface area contributed by atoms with E-state index in [9.17, 15) is 17.8 Å². The van der Waals surface area contributed by atoms with Crippen molar-refractivity contribution in [3.05, 3.63) is 29.8 Å². The van der Waals surface area contributed by atoms with Crippen LogP contribution in [0.15, 0.2) is 23.1 Å². The number of carbonyl (C=O) groups excluding carboxylic acids is 1. The van der Waals surface area contributed by atoms with Gasteiger partial charge in [0.15, 0.2) is 0 Å². The molecule has 0 aliphatic rings. The van der Waals surface area contributed by atoms with Crippen molar-refractivity contribution in [2.45, 2.75) is 11.8 Å². The zero-order chi connectivity index (χ0) is 10.7. The van der Waals surface area contributed by atoms with Gasteiger partial charge in [-0.2, -0.15) is 0 Å². The number of halogens is 2. The van der Waals surface area contributed by atoms with Gasteiger partial charge in [-0.05, 0) is 25.1 Å². The second-order valence-electron chi connectivity index (χ2n) is 2.77. The molecule has 1 rings (SSSR count). The third-order valence-electron chi connectivity index (χ3n) is 1.47. The van der Waals surface area contributed by atoms with Crippen molar-refractivity contribution in [3.8, 4) is 0 Å². The predicted octanol–water partition coefficient (Wildman–Crippen LogP) is 1.66. The Bertz CT molecular complexity index is 390. The molecule has 1 atom stereocenters. The molecule has 0 fully saturated rings. The Morgan fingerprint density at radius 3 is 2.64 bits per heavy atom. The van der Waals surface area contributed by atoms with E-state index >= 15 is 0 Å². The molecule has 0 aliphatic carbocycles. The van der Waals surface area contributed by atoms with E-state index in [1.165, 1.54) is 6.92 Å². The van der Waals surface area contributed by atoms with E-state index < -0.39 is 22.4 Å². The summed E-state index contributed by atoms with van der Waals surface area (Å²) in [4.78, 5) is 10.4. The zero-order valence-electron chi connectivity index (χ0n) is 7.42. The van der Waals surface area contributed by atoms with Crippen molar-refractivity contribution in [2.24, 2.45) is 0 Å². The second kappa shape index (κ2) is 4.41. The highest BCUT2D eigenvalue weighted by atomic mass is 32.2. The van der Waals surface area contributed by atoms with Crippen LogP contribution in [0.1, 0.15) is 6.92 Å². The fourth-order valence-electron chi connectivity index (χ4n) is 0.914. The molecule has 1 aromatic carbocycles. The van der Waals surface area contributed by atoms with Gasteiger partial charge in [0.1, 0.15) is 17.4 Å². The Labute approximate surface area is 82.4 Å². The van der Waals surface area contributed by atoms with Crippen LogP contribution in [0.3, 0.4) is 0 Å². The van der Waals surface area contributed by atoms with Gasteiger partial charge in [-0.25, -0.2) is 8.78 Å². The Morgan fingerprint density at radius 2 is 2.07 bits per heavy atom. The van der Waals surface area contributed by atoms with Crippen LogP contribution in [0.4, 0.5) is 8.78 Å². The van der Waals surface area contributed by atoms with E-state index in [0.29, 0.717) is 0 Å². The van der Waals surface area contributed by atoms with Gasteiger partial charge in [-0.1, -0.05) is 0 Å². The molecular formula is C9H8F2O2S. The summed E-state index contributed by atoms with van der Waals surface area (Å²) in [6.07, 6.45) is 0. The molecule has 0 saturated carbocycles. The topological polar surface area (TPSA) is 34.1 Å². The lowest BCUT2D eigenvalue weighted by molar-refractivity contribution is -0.114. The summed E-state index contributed by atoms with van der Waals surface area (Å²) in [5, 5.41) is 0. The molecule has 5 heteroatoms. The van der Waals surface area contributed by atoms with E-state index in [1.807, 2.05) is 0 Å². The second-order valence-corrected chi connectivity index (χ2v) is 4.19. The van der Waals surface area contributed by atoms with Crippen LogP contribution in [0.2, 0.25) is 0 Å². The highest BCUT2D eigenvalue weighted by Gasteiger charge is 2.12. The first-order valence-corrected chi connectivity index (χ1v) is 5.15. The number of Topliss-reactive ketones (excluding diaryl/α,β-unsaturated/α-hetero) is 1. The fraction of sp³-hybridized carbons (Fsp3) is 0.222. The molecule has 0 saturated heterocycles. The lowest BCUT2D eigenvalue weighted by Crippen LogP contribution is -2.08. The number of rotatable bonds is 3. The smallest absolute Gasteiger partial charge is 0.142 e. The molecule has 2 nitrogen and oxygen atoms in total. The van der Waals surface area contributed by atoms with E-state index in [-0.39, 0.29) is 16.4 Å². The van der Waals surface area contributed by atoms with Gasteiger partial charge in [0.2, 0.25) is 0 Å². The van der Waals surface area contributed by atoms with Crippen molar-refractivity contribution in [2.75, 3.05) is 5.75 Å². The summed E-state index contributed by atoms with van der Waals surface area (Å²) in [5.41, 5.74) is 0. The minimum atomic E-state index is -1.80. The van der Waals surface area contributed by atoms with Crippen molar-refractivity contribution < 1.29 is 17.8 Å². The Hall–Kier alpha value is -1.10. The summed E-state index contributed by atoms with van der Waals surface area (Å²) in [7, 11) is -1.80. The van der Waals surface area contributed by atoms with Crippen LogP contribution >= 0.6 is 0 Å². The van der Waals surface area contributed by atoms with E-state index in [2.05, 4.69) is 0 Å². The van der Waals surface area contributed by atoms with Crippen LogP contribution in [-0.4, -0.2) is 15.7 Å². The SMILES string of the molecule is CC(=O)CS(=O)c1cc(F)ccc1F. The number of benzene rings is 1. The molecule has 76 valence electrons. The minimum absolute atomic E-state index is 0.264. The fourth-order valence-corrected chi connectivity index (χ4v) is 1.97. The lowest BCUT2D eigenvalue weighted by atomic mass is 10.3. The maximum absolute atomic E-state index is 13.0. The Kier molecular flexibility index (Phi) is 3.46. The van der Waals surface area contributed by atoms with E-state index in [0.717, 1.165) is 18.2 Å². The molecule has 0 aromatic heterocycles. The standard InChI is InChI=1S/C9H8F2O2S/c1-6(12)5-14(13)9-4-7(10)2-3-8(9)11/h2-4H,5H2,1H3. The number of ketones is 1. The molecule has 0 aliphatic heterocycles. The van der Waals surface area contributed by atoms with Crippen molar-refractivity contribution in [3.63, 3.8) is 0 Å². The molecule has 0 bridgehead atoms. The normalized spacial score (nSPS) is 12.5. The summed E-state index contributed by atoms with van der Waals surface area (Å²) in [5.74, 6) is -2.04. The highest BCUT2D eigenvalue weighted by Crippen LogP contribution is 2.14. The van der Waals surface area contributed by atoms with Crippen LogP contribution in [-0.2, 0) is 15.6 Å². The maximum Gasteiger partial charge on any atom is 0.142 e. The summed E-state index contributed by atoms with van der Waals surface area (Å²) < 4.78 is 37.0. The molecule has 1 unspecified atom stereocenters. The van der Waals surface area contributed by atoms with Crippen molar-refractivity contribution >= 4 is 16.6 Å². The van der Waals surface area contributed by atoms with Gasteiger partial charge >= 0.3 is 0 Å². The third kappa shape index (κ3) is 2.70. The van der Waals surface area contributed by atoms with Crippen LogP contribution in [0, 0.1) is 11.6 Å². The third-order valence-corrected chi connectivity index (χ3v) is 2.95. The molecule has 0 radical (unpaired) electrons. The first kappa shape index (κ1) is 11.0. The van der Waals surface area contributed by atoms with Gasteiger partial charge in [0.25, 0.3) is 0 Å². The molecule has 1 aromatic rings. The van der Waals surface area contributed by atoms with Crippen LogP contribution in [0.5, 0.6) is 0 Å². The Morgan fingerprint density at radius 1 is 1.43 bits per heavy atom.